The molecule has 0 bridgehead atoms. The summed E-state index contributed by atoms with van der Waals surface area (Å²) in [6, 6.07) is 7.49. The van der Waals surface area contributed by atoms with Crippen molar-refractivity contribution in [1.82, 2.24) is 10.2 Å². The van der Waals surface area contributed by atoms with Crippen LogP contribution in [0, 0.1) is 6.92 Å². The Labute approximate surface area is 97.6 Å². The Kier molecular flexibility index (Phi) is 2.70. The van der Waals surface area contributed by atoms with E-state index in [1.54, 1.807) is 11.1 Å². The second-order valence-electron chi connectivity index (χ2n) is 4.98. The summed E-state index contributed by atoms with van der Waals surface area (Å²) in [4.78, 5) is 2.65. The number of rotatable bonds is 1. The van der Waals surface area contributed by atoms with Gasteiger partial charge in [-0.1, -0.05) is 18.2 Å². The van der Waals surface area contributed by atoms with Crippen LogP contribution >= 0.6 is 0 Å². The van der Waals surface area contributed by atoms with E-state index < -0.39 is 0 Å². The van der Waals surface area contributed by atoms with Gasteiger partial charge in [0.05, 0.1) is 0 Å². The first kappa shape index (κ1) is 10.3. The van der Waals surface area contributed by atoms with Gasteiger partial charge in [-0.25, -0.2) is 0 Å². The fourth-order valence-electron chi connectivity index (χ4n) is 3.19. The van der Waals surface area contributed by atoms with Gasteiger partial charge in [-0.05, 0) is 36.5 Å². The fourth-order valence-corrected chi connectivity index (χ4v) is 3.19. The predicted octanol–water partition coefficient (Wildman–Crippen LogP) is 1.89. The third-order valence-corrected chi connectivity index (χ3v) is 4.07. The second kappa shape index (κ2) is 4.19. The molecule has 1 unspecified atom stereocenters. The number of hydrogen-bond acceptors (Lipinski definition) is 2. The van der Waals surface area contributed by atoms with Crippen LogP contribution in [-0.4, -0.2) is 31.1 Å². The molecule has 2 aliphatic rings. The maximum atomic E-state index is 3.43. The van der Waals surface area contributed by atoms with Crippen molar-refractivity contribution in [2.24, 2.45) is 0 Å². The highest BCUT2D eigenvalue weighted by molar-refractivity contribution is 5.40. The van der Waals surface area contributed by atoms with Crippen molar-refractivity contribution in [3.8, 4) is 0 Å². The summed E-state index contributed by atoms with van der Waals surface area (Å²) in [5.41, 5.74) is 4.70. The van der Waals surface area contributed by atoms with E-state index in [1.165, 1.54) is 31.5 Å². The average Bonchev–Trinajstić information content (AvgIpc) is 2.75. The van der Waals surface area contributed by atoms with E-state index in [1.807, 2.05) is 0 Å². The van der Waals surface area contributed by atoms with E-state index in [0.29, 0.717) is 6.04 Å². The number of fused-ring (bicyclic) bond motifs is 1. The lowest BCUT2D eigenvalue weighted by molar-refractivity contribution is 0.173. The van der Waals surface area contributed by atoms with E-state index in [9.17, 15) is 0 Å². The predicted molar refractivity (Wildman–Crippen MR) is 66.7 cm³/mol. The third kappa shape index (κ3) is 1.66. The lowest BCUT2D eigenvalue weighted by Gasteiger charge is -2.33. The molecule has 1 aliphatic carbocycles. The topological polar surface area (TPSA) is 15.3 Å². The zero-order valence-corrected chi connectivity index (χ0v) is 10.00. The highest BCUT2D eigenvalue weighted by Gasteiger charge is 2.28. The molecule has 0 amide bonds. The van der Waals surface area contributed by atoms with E-state index in [0.717, 1.165) is 13.1 Å². The van der Waals surface area contributed by atoms with Gasteiger partial charge in [-0.15, -0.1) is 0 Å². The minimum Gasteiger partial charge on any atom is -0.314 e. The number of benzene rings is 1. The van der Waals surface area contributed by atoms with E-state index in [-0.39, 0.29) is 0 Å². The molecule has 16 heavy (non-hydrogen) atoms. The van der Waals surface area contributed by atoms with Crippen LogP contribution in [0.4, 0.5) is 0 Å². The number of nitrogens with one attached hydrogen (secondary N) is 1. The molecular formula is C14H20N2. The lowest BCUT2D eigenvalue weighted by atomic mass is 10.0. The average molecular weight is 216 g/mol. The third-order valence-electron chi connectivity index (χ3n) is 4.07. The van der Waals surface area contributed by atoms with Crippen LogP contribution in [0.2, 0.25) is 0 Å². The maximum absolute atomic E-state index is 3.43. The highest BCUT2D eigenvalue weighted by Crippen LogP contribution is 2.37. The van der Waals surface area contributed by atoms with Crippen molar-refractivity contribution in [2.45, 2.75) is 25.8 Å². The molecule has 1 saturated heterocycles. The molecule has 1 aromatic carbocycles. The summed E-state index contributed by atoms with van der Waals surface area (Å²) in [7, 11) is 0. The van der Waals surface area contributed by atoms with Gasteiger partial charge in [-0.2, -0.15) is 0 Å². The number of nitrogens with zero attached hydrogens (tertiary/aromatic N) is 1. The van der Waals surface area contributed by atoms with Gasteiger partial charge < -0.3 is 5.32 Å². The molecule has 2 heteroatoms. The van der Waals surface area contributed by atoms with Crippen LogP contribution in [0.3, 0.4) is 0 Å². The maximum Gasteiger partial charge on any atom is 0.0355 e. The Hall–Kier alpha value is -0.860. The highest BCUT2D eigenvalue weighted by atomic mass is 15.2. The van der Waals surface area contributed by atoms with Gasteiger partial charge in [0.2, 0.25) is 0 Å². The molecule has 0 saturated carbocycles. The van der Waals surface area contributed by atoms with Gasteiger partial charge >= 0.3 is 0 Å². The second-order valence-corrected chi connectivity index (χ2v) is 4.98. The minimum atomic E-state index is 0.692. The number of aryl methyl sites for hydroxylation is 1. The summed E-state index contributed by atoms with van der Waals surface area (Å²) in [5, 5.41) is 3.43. The molecule has 0 aromatic heterocycles. The molecule has 1 heterocycles. The van der Waals surface area contributed by atoms with Gasteiger partial charge in [0, 0.05) is 32.2 Å². The van der Waals surface area contributed by atoms with Crippen LogP contribution in [0.1, 0.15) is 29.2 Å². The van der Waals surface area contributed by atoms with Gasteiger partial charge in [0.15, 0.2) is 0 Å². The molecule has 1 fully saturated rings. The zero-order valence-electron chi connectivity index (χ0n) is 10.00. The molecule has 0 spiro atoms. The monoisotopic (exact) mass is 216 g/mol. The summed E-state index contributed by atoms with van der Waals surface area (Å²) in [6.07, 6.45) is 2.59. The largest absolute Gasteiger partial charge is 0.314 e. The Bertz CT molecular complexity index is 380. The van der Waals surface area contributed by atoms with Gasteiger partial charge in [0.25, 0.3) is 0 Å². The van der Waals surface area contributed by atoms with Crippen LogP contribution in [0.15, 0.2) is 18.2 Å². The van der Waals surface area contributed by atoms with Crippen molar-refractivity contribution in [3.05, 3.63) is 34.9 Å². The standard InChI is InChI=1S/C14H20N2/c1-11-3-2-4-13-12(11)5-6-14(13)16-9-7-15-8-10-16/h2-4,14-15H,5-10H2,1H3. The summed E-state index contributed by atoms with van der Waals surface area (Å²) in [5.74, 6) is 0. The minimum absolute atomic E-state index is 0.692. The van der Waals surface area contributed by atoms with Crippen LogP contribution in [-0.2, 0) is 6.42 Å². The van der Waals surface area contributed by atoms with Crippen molar-refractivity contribution < 1.29 is 0 Å². The Balaban J connectivity index is 1.87. The first-order valence-electron chi connectivity index (χ1n) is 6.39. The molecule has 1 aromatic rings. The lowest BCUT2D eigenvalue weighted by Crippen LogP contribution is -2.44. The summed E-state index contributed by atoms with van der Waals surface area (Å²) < 4.78 is 0. The Morgan fingerprint density at radius 3 is 2.88 bits per heavy atom. The fraction of sp³-hybridized carbons (Fsp3) is 0.571. The Morgan fingerprint density at radius 1 is 1.25 bits per heavy atom. The molecule has 2 nitrogen and oxygen atoms in total. The molecule has 1 aliphatic heterocycles. The van der Waals surface area contributed by atoms with Crippen molar-refractivity contribution in [2.75, 3.05) is 26.2 Å². The quantitative estimate of drug-likeness (QED) is 0.771. The van der Waals surface area contributed by atoms with Gasteiger partial charge in [-0.3, -0.25) is 4.90 Å². The van der Waals surface area contributed by atoms with Crippen molar-refractivity contribution in [1.29, 1.82) is 0 Å². The number of hydrogen-bond donors (Lipinski definition) is 1. The zero-order chi connectivity index (χ0) is 11.0. The van der Waals surface area contributed by atoms with Crippen LogP contribution in [0.25, 0.3) is 0 Å². The smallest absolute Gasteiger partial charge is 0.0355 e. The molecule has 3 rings (SSSR count). The molecule has 0 radical (unpaired) electrons. The van der Waals surface area contributed by atoms with E-state index >= 15 is 0 Å². The summed E-state index contributed by atoms with van der Waals surface area (Å²) >= 11 is 0. The molecule has 86 valence electrons. The molecule has 1 N–H and O–H groups in total. The van der Waals surface area contributed by atoms with E-state index in [4.69, 9.17) is 0 Å². The summed E-state index contributed by atoms with van der Waals surface area (Å²) in [6.45, 7) is 6.96. The first-order chi connectivity index (χ1) is 7.86. The molecular weight excluding hydrogens is 196 g/mol. The molecule has 1 atom stereocenters. The van der Waals surface area contributed by atoms with Gasteiger partial charge in [0.1, 0.15) is 0 Å². The number of piperazine rings is 1. The first-order valence-corrected chi connectivity index (χ1v) is 6.39. The Morgan fingerprint density at radius 2 is 2.06 bits per heavy atom. The normalized spacial score (nSPS) is 25.7. The van der Waals surface area contributed by atoms with Crippen molar-refractivity contribution >= 4 is 0 Å². The van der Waals surface area contributed by atoms with Crippen molar-refractivity contribution in [3.63, 3.8) is 0 Å². The van der Waals surface area contributed by atoms with Crippen LogP contribution in [0.5, 0.6) is 0 Å². The van der Waals surface area contributed by atoms with Crippen LogP contribution < -0.4 is 5.32 Å². The van der Waals surface area contributed by atoms with E-state index in [2.05, 4.69) is 35.3 Å². The SMILES string of the molecule is Cc1cccc2c1CCC2N1CCNCC1.